The van der Waals surface area contributed by atoms with E-state index in [0.29, 0.717) is 18.5 Å². The van der Waals surface area contributed by atoms with E-state index in [4.69, 9.17) is 15.2 Å². The summed E-state index contributed by atoms with van der Waals surface area (Å²) in [5, 5.41) is 8.91. The van der Waals surface area contributed by atoms with Crippen LogP contribution in [0.5, 0.6) is 0 Å². The lowest BCUT2D eigenvalue weighted by Crippen LogP contribution is -2.49. The summed E-state index contributed by atoms with van der Waals surface area (Å²) in [5.41, 5.74) is 8.72. The minimum Gasteiger partial charge on any atom is -0.448 e. The van der Waals surface area contributed by atoms with Gasteiger partial charge in [0, 0.05) is 18.2 Å². The molecule has 206 valence electrons. The highest BCUT2D eigenvalue weighted by atomic mass is 32.2. The quantitative estimate of drug-likeness (QED) is 0.174. The van der Waals surface area contributed by atoms with Gasteiger partial charge in [-0.2, -0.15) is 0 Å². The lowest BCUT2D eigenvalue weighted by Gasteiger charge is -2.31. The van der Waals surface area contributed by atoms with Crippen molar-refractivity contribution in [2.24, 2.45) is 10.8 Å². The highest BCUT2D eigenvalue weighted by Gasteiger charge is 2.44. The van der Waals surface area contributed by atoms with Crippen molar-refractivity contribution in [2.75, 3.05) is 11.7 Å². The highest BCUT2D eigenvalue weighted by molar-refractivity contribution is 8.01. The predicted octanol–water partition coefficient (Wildman–Crippen LogP) is 5.49. The second kappa shape index (κ2) is 13.1. The van der Waals surface area contributed by atoms with Gasteiger partial charge < -0.3 is 15.2 Å². The Labute approximate surface area is 231 Å². The van der Waals surface area contributed by atoms with Crippen LogP contribution in [0.3, 0.4) is 0 Å². The van der Waals surface area contributed by atoms with Crippen molar-refractivity contribution in [1.82, 2.24) is 5.32 Å². The van der Waals surface area contributed by atoms with Crippen LogP contribution >= 0.6 is 11.8 Å². The molecule has 1 heterocycles. The summed E-state index contributed by atoms with van der Waals surface area (Å²) in [6.45, 7) is 4.48. The molecular formula is C29H32F2N4O3S. The molecule has 0 aromatic heterocycles. The molecule has 3 N–H and O–H groups in total. The number of ether oxygens (including phenoxy) is 2. The molecule has 3 aromatic carbocycles. The van der Waals surface area contributed by atoms with Gasteiger partial charge in [-0.15, -0.1) is 5.10 Å². The largest absolute Gasteiger partial charge is 0.448 e. The number of benzene rings is 3. The number of carbonyl (C=O) groups is 1. The van der Waals surface area contributed by atoms with E-state index in [2.05, 4.69) is 29.5 Å². The number of halogens is 2. The van der Waals surface area contributed by atoms with Crippen molar-refractivity contribution in [3.63, 3.8) is 0 Å². The lowest BCUT2D eigenvalue weighted by molar-refractivity contribution is -0.147. The second-order valence-corrected chi connectivity index (χ2v) is 10.5. The third-order valence-corrected chi connectivity index (χ3v) is 7.34. The maximum atomic E-state index is 14.1. The number of thioether (sulfide) groups is 1. The number of nitrogens with two attached hydrogens (primary N) is 1. The Hall–Kier alpha value is -3.47. The molecule has 0 aliphatic carbocycles. The monoisotopic (exact) mass is 554 g/mol. The smallest absolute Gasteiger partial charge is 0.338 e. The lowest BCUT2D eigenvalue weighted by atomic mass is 10.1. The number of carbonyl (C=O) groups excluding carboxylic acids is 1. The third kappa shape index (κ3) is 7.35. The Kier molecular flexibility index (Phi) is 9.55. The molecular weight excluding hydrogens is 522 g/mol. The minimum atomic E-state index is -1.50. The molecule has 10 heteroatoms. The maximum Gasteiger partial charge on any atom is 0.338 e. The van der Waals surface area contributed by atoms with Gasteiger partial charge in [0.2, 0.25) is 11.5 Å². The summed E-state index contributed by atoms with van der Waals surface area (Å²) in [7, 11) is 0. The van der Waals surface area contributed by atoms with Crippen molar-refractivity contribution in [3.05, 3.63) is 101 Å². The zero-order valence-electron chi connectivity index (χ0n) is 21.9. The summed E-state index contributed by atoms with van der Waals surface area (Å²) < 4.78 is 39.8. The van der Waals surface area contributed by atoms with Gasteiger partial charge in [-0.05, 0) is 48.2 Å². The molecule has 1 aliphatic heterocycles. The number of nitrogens with one attached hydrogen (secondary N) is 1. The number of rotatable bonds is 12. The van der Waals surface area contributed by atoms with Gasteiger partial charge in [-0.1, -0.05) is 74.5 Å². The van der Waals surface area contributed by atoms with Gasteiger partial charge in [-0.25, -0.2) is 18.6 Å². The molecule has 0 bridgehead atoms. The van der Waals surface area contributed by atoms with E-state index in [1.54, 1.807) is 12.1 Å². The average Bonchev–Trinajstić information content (AvgIpc) is 3.34. The maximum absolute atomic E-state index is 14.1. The normalized spacial score (nSPS) is 16.4. The van der Waals surface area contributed by atoms with Gasteiger partial charge in [0.1, 0.15) is 18.4 Å². The van der Waals surface area contributed by atoms with Crippen LogP contribution in [0.2, 0.25) is 0 Å². The number of aryl methyl sites for hydroxylation is 1. The molecule has 0 saturated carbocycles. The number of hydrazone groups is 1. The fourth-order valence-electron chi connectivity index (χ4n) is 4.10. The molecule has 7 nitrogen and oxygen atoms in total. The standard InChI is InChI=1S/C29H32F2N4O3S/c1-3-13-29(32,27(36)37-19-33-18-21-10-8-9-20(4-2)14-21)39-28-35(25-16-23(30)15-24(31)17-25)34-26(38-28)22-11-6-5-7-12-22/h5-12,14-17,28,33H,3-4,13,18-19,32H2,1-2H3. The van der Waals surface area contributed by atoms with E-state index in [9.17, 15) is 13.6 Å². The Bertz CT molecular complexity index is 1290. The third-order valence-electron chi connectivity index (χ3n) is 6.06. The van der Waals surface area contributed by atoms with Crippen LogP contribution in [0, 0.1) is 11.6 Å². The molecule has 2 atom stereocenters. The van der Waals surface area contributed by atoms with Gasteiger partial charge in [0.05, 0.1) is 5.69 Å². The first-order valence-corrected chi connectivity index (χ1v) is 13.7. The zero-order chi connectivity index (χ0) is 27.8. The fourth-order valence-corrected chi connectivity index (χ4v) is 5.34. The first kappa shape index (κ1) is 28.5. The van der Waals surface area contributed by atoms with E-state index in [1.807, 2.05) is 37.3 Å². The second-order valence-electron chi connectivity index (χ2n) is 9.10. The molecule has 0 saturated heterocycles. The van der Waals surface area contributed by atoms with Crippen LogP contribution in [-0.2, 0) is 27.2 Å². The number of hydrogen-bond acceptors (Lipinski definition) is 8. The molecule has 0 radical (unpaired) electrons. The van der Waals surface area contributed by atoms with Crippen LogP contribution in [0.25, 0.3) is 0 Å². The zero-order valence-corrected chi connectivity index (χ0v) is 22.7. The number of anilines is 1. The molecule has 39 heavy (non-hydrogen) atoms. The highest BCUT2D eigenvalue weighted by Crippen LogP contribution is 2.38. The van der Waals surface area contributed by atoms with Crippen molar-refractivity contribution < 1.29 is 23.0 Å². The number of esters is 1. The molecule has 4 rings (SSSR count). The molecule has 3 aromatic rings. The summed E-state index contributed by atoms with van der Waals surface area (Å²) >= 11 is 0.979. The Morgan fingerprint density at radius 3 is 2.49 bits per heavy atom. The van der Waals surface area contributed by atoms with Crippen molar-refractivity contribution >= 4 is 29.3 Å². The molecule has 0 spiro atoms. The van der Waals surface area contributed by atoms with E-state index >= 15 is 0 Å². The van der Waals surface area contributed by atoms with Crippen LogP contribution in [0.1, 0.15) is 43.4 Å². The van der Waals surface area contributed by atoms with E-state index in [-0.39, 0.29) is 24.7 Å². The van der Waals surface area contributed by atoms with E-state index in [0.717, 1.165) is 41.9 Å². The van der Waals surface area contributed by atoms with Crippen LogP contribution < -0.4 is 16.1 Å². The number of nitrogens with zero attached hydrogens (tertiary/aromatic N) is 2. The van der Waals surface area contributed by atoms with Gasteiger partial charge in [0.25, 0.3) is 0 Å². The first-order chi connectivity index (χ1) is 18.8. The SMILES string of the molecule is CCCC(N)(SC1OC(c2ccccc2)=NN1c1cc(F)cc(F)c1)C(=O)OCNCc1cccc(CC)c1. The minimum absolute atomic E-state index is 0.0332. The first-order valence-electron chi connectivity index (χ1n) is 12.8. The van der Waals surface area contributed by atoms with Crippen molar-refractivity contribution in [2.45, 2.75) is 50.1 Å². The van der Waals surface area contributed by atoms with Crippen LogP contribution in [0.4, 0.5) is 14.5 Å². The Balaban J connectivity index is 1.48. The van der Waals surface area contributed by atoms with Crippen molar-refractivity contribution in [3.8, 4) is 0 Å². The van der Waals surface area contributed by atoms with E-state index in [1.165, 1.54) is 10.6 Å². The molecule has 1 aliphatic rings. The molecule has 0 amide bonds. The summed E-state index contributed by atoms with van der Waals surface area (Å²) in [5.74, 6) is -1.92. The van der Waals surface area contributed by atoms with Crippen LogP contribution in [0.15, 0.2) is 77.9 Å². The Morgan fingerprint density at radius 1 is 1.08 bits per heavy atom. The molecule has 2 unspecified atom stereocenters. The van der Waals surface area contributed by atoms with Crippen molar-refractivity contribution in [1.29, 1.82) is 0 Å². The topological polar surface area (TPSA) is 89.2 Å². The average molecular weight is 555 g/mol. The predicted molar refractivity (Wildman–Crippen MR) is 150 cm³/mol. The summed E-state index contributed by atoms with van der Waals surface area (Å²) in [6, 6.07) is 20.3. The van der Waals surface area contributed by atoms with E-state index < -0.39 is 28.0 Å². The summed E-state index contributed by atoms with van der Waals surface area (Å²) in [4.78, 5) is 11.7. The number of hydrogen-bond donors (Lipinski definition) is 2. The fraction of sp³-hybridized carbons (Fsp3) is 0.310. The van der Waals surface area contributed by atoms with Gasteiger partial charge in [0.15, 0.2) is 4.87 Å². The van der Waals surface area contributed by atoms with Gasteiger partial charge >= 0.3 is 5.97 Å². The van der Waals surface area contributed by atoms with Gasteiger partial charge in [-0.3, -0.25) is 5.32 Å². The Morgan fingerprint density at radius 2 is 1.79 bits per heavy atom. The summed E-state index contributed by atoms with van der Waals surface area (Å²) in [6.07, 6.45) is 1.80. The van der Waals surface area contributed by atoms with Crippen LogP contribution in [-0.4, -0.2) is 29.0 Å². The molecule has 0 fully saturated rings.